The smallest absolute Gasteiger partial charge is 0.327 e. The zero-order valence-electron chi connectivity index (χ0n) is 10.9. The first-order valence-corrected chi connectivity index (χ1v) is 8.87. The van der Waals surface area contributed by atoms with Crippen LogP contribution < -0.4 is 0 Å². The van der Waals surface area contributed by atoms with E-state index in [9.17, 15) is 14.7 Å². The van der Waals surface area contributed by atoms with E-state index in [4.69, 9.17) is 0 Å². The van der Waals surface area contributed by atoms with Crippen LogP contribution in [0.15, 0.2) is 15.9 Å². The predicted octanol–water partition coefficient (Wildman–Crippen LogP) is 2.56. The molecule has 1 saturated heterocycles. The van der Waals surface area contributed by atoms with Crippen molar-refractivity contribution >= 4 is 51.0 Å². The molecule has 2 amide bonds. The van der Waals surface area contributed by atoms with Crippen LogP contribution in [0.1, 0.15) is 4.88 Å². The van der Waals surface area contributed by atoms with Crippen LogP contribution in [-0.2, 0) is 11.3 Å². The van der Waals surface area contributed by atoms with E-state index in [2.05, 4.69) is 15.9 Å². The highest BCUT2D eigenvalue weighted by Crippen LogP contribution is 2.22. The van der Waals surface area contributed by atoms with Gasteiger partial charge in [0.05, 0.1) is 6.54 Å². The Morgan fingerprint density at radius 2 is 2.35 bits per heavy atom. The topological polar surface area (TPSA) is 60.9 Å². The molecule has 110 valence electrons. The maximum Gasteiger partial charge on any atom is 0.327 e. The molecule has 0 radical (unpaired) electrons. The van der Waals surface area contributed by atoms with Gasteiger partial charge in [0.2, 0.25) is 0 Å². The maximum absolute atomic E-state index is 12.4. The van der Waals surface area contributed by atoms with Crippen molar-refractivity contribution in [2.24, 2.45) is 0 Å². The lowest BCUT2D eigenvalue weighted by Crippen LogP contribution is -2.53. The fourth-order valence-corrected chi connectivity index (χ4v) is 4.54. The molecular formula is C12H15BrN2O3S2. The number of aliphatic carboxylic acids is 1. The molecule has 1 aromatic heterocycles. The second-order valence-corrected chi connectivity index (χ2v) is 7.55. The number of halogens is 1. The highest BCUT2D eigenvalue weighted by Gasteiger charge is 2.33. The average Bonchev–Trinajstić information content (AvgIpc) is 2.83. The molecule has 1 fully saturated rings. The Hall–Kier alpha value is -0.730. The second-order valence-electron chi connectivity index (χ2n) is 4.49. The highest BCUT2D eigenvalue weighted by molar-refractivity contribution is 9.10. The summed E-state index contributed by atoms with van der Waals surface area (Å²) in [6, 6.07) is 1.02. The number of carboxylic acid groups (broad SMARTS) is 1. The zero-order chi connectivity index (χ0) is 14.7. The van der Waals surface area contributed by atoms with Crippen LogP contribution in [0.25, 0.3) is 0 Å². The van der Waals surface area contributed by atoms with Crippen molar-refractivity contribution in [2.45, 2.75) is 12.6 Å². The second kappa shape index (κ2) is 6.82. The fourth-order valence-electron chi connectivity index (χ4n) is 1.99. The van der Waals surface area contributed by atoms with Gasteiger partial charge >= 0.3 is 12.0 Å². The van der Waals surface area contributed by atoms with Crippen molar-refractivity contribution < 1.29 is 14.7 Å². The fraction of sp³-hybridized carbons (Fsp3) is 0.500. The van der Waals surface area contributed by atoms with Crippen LogP contribution in [0, 0.1) is 0 Å². The van der Waals surface area contributed by atoms with E-state index in [1.807, 2.05) is 11.4 Å². The summed E-state index contributed by atoms with van der Waals surface area (Å²) < 4.78 is 0.996. The van der Waals surface area contributed by atoms with Gasteiger partial charge in [0, 0.05) is 39.8 Å². The molecular weight excluding hydrogens is 364 g/mol. The molecule has 20 heavy (non-hydrogen) atoms. The number of carbonyl (C=O) groups excluding carboxylic acids is 1. The molecule has 0 aliphatic carbocycles. The lowest BCUT2D eigenvalue weighted by atomic mass is 10.3. The number of nitrogens with zero attached hydrogens (tertiary/aromatic N) is 2. The van der Waals surface area contributed by atoms with E-state index in [1.54, 1.807) is 35.0 Å². The Labute approximate surface area is 134 Å². The minimum absolute atomic E-state index is 0.220. The van der Waals surface area contributed by atoms with E-state index < -0.39 is 12.0 Å². The van der Waals surface area contributed by atoms with Gasteiger partial charge in [0.1, 0.15) is 6.04 Å². The monoisotopic (exact) mass is 378 g/mol. The first-order valence-electron chi connectivity index (χ1n) is 6.04. The zero-order valence-corrected chi connectivity index (χ0v) is 14.1. The average molecular weight is 379 g/mol. The van der Waals surface area contributed by atoms with Gasteiger partial charge in [-0.15, -0.1) is 11.3 Å². The molecule has 1 atom stereocenters. The van der Waals surface area contributed by atoms with Crippen molar-refractivity contribution in [1.82, 2.24) is 9.80 Å². The SMILES string of the molecule is CN(Cc1cc(Br)cs1)C(=O)N1CCSCC1C(=O)O. The summed E-state index contributed by atoms with van der Waals surface area (Å²) in [6.07, 6.45) is 0. The largest absolute Gasteiger partial charge is 0.480 e. The van der Waals surface area contributed by atoms with Crippen LogP contribution in [0.3, 0.4) is 0 Å². The minimum atomic E-state index is -0.933. The summed E-state index contributed by atoms with van der Waals surface area (Å²) in [6.45, 7) is 0.976. The van der Waals surface area contributed by atoms with Gasteiger partial charge in [-0.3, -0.25) is 0 Å². The summed E-state index contributed by atoms with van der Waals surface area (Å²) in [7, 11) is 1.70. The lowest BCUT2D eigenvalue weighted by Gasteiger charge is -2.35. The summed E-state index contributed by atoms with van der Waals surface area (Å²) in [5.41, 5.74) is 0. The Morgan fingerprint density at radius 1 is 1.60 bits per heavy atom. The quantitative estimate of drug-likeness (QED) is 0.877. The molecule has 8 heteroatoms. The third kappa shape index (κ3) is 3.67. The van der Waals surface area contributed by atoms with E-state index in [1.165, 1.54) is 4.90 Å². The van der Waals surface area contributed by atoms with Crippen molar-refractivity contribution in [3.8, 4) is 0 Å². The van der Waals surface area contributed by atoms with Gasteiger partial charge in [-0.05, 0) is 22.0 Å². The van der Waals surface area contributed by atoms with Crippen molar-refractivity contribution in [3.05, 3.63) is 20.8 Å². The molecule has 1 N–H and O–H groups in total. The summed E-state index contributed by atoms with van der Waals surface area (Å²) in [5, 5.41) is 11.2. The molecule has 2 heterocycles. The van der Waals surface area contributed by atoms with E-state index in [0.717, 1.165) is 15.1 Å². The molecule has 1 aliphatic heterocycles. The molecule has 0 spiro atoms. The number of hydrogen-bond acceptors (Lipinski definition) is 4. The van der Waals surface area contributed by atoms with Gasteiger partial charge in [0.15, 0.2) is 0 Å². The lowest BCUT2D eigenvalue weighted by molar-refractivity contribution is -0.141. The number of thioether (sulfide) groups is 1. The Balaban J connectivity index is 2.02. The van der Waals surface area contributed by atoms with Crippen molar-refractivity contribution in [1.29, 1.82) is 0 Å². The van der Waals surface area contributed by atoms with E-state index in [-0.39, 0.29) is 6.03 Å². The number of carboxylic acids is 1. The highest BCUT2D eigenvalue weighted by atomic mass is 79.9. The molecule has 5 nitrogen and oxygen atoms in total. The van der Waals surface area contributed by atoms with Crippen LogP contribution >= 0.6 is 39.0 Å². The third-order valence-electron chi connectivity index (χ3n) is 3.00. The number of urea groups is 1. The number of hydrogen-bond donors (Lipinski definition) is 1. The predicted molar refractivity (Wildman–Crippen MR) is 84.3 cm³/mol. The normalized spacial score (nSPS) is 18.9. The minimum Gasteiger partial charge on any atom is -0.480 e. The number of amides is 2. The summed E-state index contributed by atoms with van der Waals surface area (Å²) in [5.74, 6) is 0.311. The molecule has 0 saturated carbocycles. The van der Waals surface area contributed by atoms with E-state index in [0.29, 0.717) is 18.8 Å². The summed E-state index contributed by atoms with van der Waals surface area (Å²) >= 11 is 6.52. The van der Waals surface area contributed by atoms with Gasteiger partial charge in [-0.1, -0.05) is 0 Å². The molecule has 0 aromatic carbocycles. The first-order chi connectivity index (χ1) is 9.49. The maximum atomic E-state index is 12.4. The van der Waals surface area contributed by atoms with E-state index >= 15 is 0 Å². The number of rotatable bonds is 3. The standard InChI is InChI=1S/C12H15BrN2O3S2/c1-14(5-9-4-8(13)6-20-9)12(18)15-2-3-19-7-10(15)11(16)17/h4,6,10H,2-3,5,7H2,1H3,(H,16,17). The van der Waals surface area contributed by atoms with Gasteiger partial charge in [-0.2, -0.15) is 11.8 Å². The third-order valence-corrected chi connectivity index (χ3v) is 5.71. The molecule has 1 unspecified atom stereocenters. The van der Waals surface area contributed by atoms with Crippen LogP contribution in [0.4, 0.5) is 4.79 Å². The van der Waals surface area contributed by atoms with Crippen molar-refractivity contribution in [3.63, 3.8) is 0 Å². The Kier molecular flexibility index (Phi) is 5.34. The van der Waals surface area contributed by atoms with Crippen molar-refractivity contribution in [2.75, 3.05) is 25.1 Å². The molecule has 1 aliphatic rings. The van der Waals surface area contributed by atoms with Crippen LogP contribution in [-0.4, -0.2) is 58.0 Å². The van der Waals surface area contributed by atoms with Gasteiger partial charge < -0.3 is 14.9 Å². The van der Waals surface area contributed by atoms with Crippen LogP contribution in [0.5, 0.6) is 0 Å². The van der Waals surface area contributed by atoms with Crippen LogP contribution in [0.2, 0.25) is 0 Å². The Bertz CT molecular complexity index is 509. The first kappa shape index (κ1) is 15.7. The van der Waals surface area contributed by atoms with Gasteiger partial charge in [0.25, 0.3) is 0 Å². The van der Waals surface area contributed by atoms with Gasteiger partial charge in [-0.25, -0.2) is 9.59 Å². The molecule has 2 rings (SSSR count). The number of thiophene rings is 1. The number of carbonyl (C=O) groups is 2. The molecule has 1 aromatic rings. The summed E-state index contributed by atoms with van der Waals surface area (Å²) in [4.78, 5) is 27.7. The Morgan fingerprint density at radius 3 is 2.95 bits per heavy atom. The molecule has 0 bridgehead atoms.